The number of non-ortho nitro benzene ring substituents is 1. The minimum absolute atomic E-state index is 0.0553. The molecule has 0 spiro atoms. The normalized spacial score (nSPS) is 10.8. The van der Waals surface area contributed by atoms with Gasteiger partial charge in [-0.05, 0) is 23.1 Å². The molecule has 3 aromatic rings. The van der Waals surface area contributed by atoms with Gasteiger partial charge in [0.25, 0.3) is 11.6 Å². The van der Waals surface area contributed by atoms with Crippen molar-refractivity contribution in [2.45, 2.75) is 26.2 Å². The number of anilines is 1. The Labute approximate surface area is 155 Å². The highest BCUT2D eigenvalue weighted by Gasteiger charge is 2.15. The topological polar surface area (TPSA) is 111 Å². The molecule has 3 rings (SSSR count). The molecule has 0 unspecified atom stereocenters. The quantitative estimate of drug-likeness (QED) is 0.522. The van der Waals surface area contributed by atoms with Crippen LogP contribution in [0.15, 0.2) is 52.9 Å². The van der Waals surface area contributed by atoms with Crippen molar-refractivity contribution >= 4 is 17.6 Å². The van der Waals surface area contributed by atoms with Crippen LogP contribution in [-0.4, -0.2) is 21.0 Å². The molecule has 138 valence electrons. The third-order valence-corrected chi connectivity index (χ3v) is 4.01. The number of hydrogen-bond donors (Lipinski definition) is 1. The SMILES string of the molecule is CC(C)c1ccc(Cc2nnc(NC(=O)c3cccc([N+](=O)[O-])c3)o2)cc1. The van der Waals surface area contributed by atoms with Crippen LogP contribution in [-0.2, 0) is 6.42 Å². The van der Waals surface area contributed by atoms with Crippen LogP contribution in [0.4, 0.5) is 11.7 Å². The highest BCUT2D eigenvalue weighted by Crippen LogP contribution is 2.18. The predicted molar refractivity (Wildman–Crippen MR) is 98.7 cm³/mol. The van der Waals surface area contributed by atoms with Gasteiger partial charge in [0.2, 0.25) is 5.89 Å². The molecule has 0 aliphatic carbocycles. The van der Waals surface area contributed by atoms with E-state index in [1.54, 1.807) is 0 Å². The van der Waals surface area contributed by atoms with E-state index in [-0.39, 0.29) is 17.3 Å². The molecule has 1 amide bonds. The van der Waals surface area contributed by atoms with Crippen LogP contribution in [0.3, 0.4) is 0 Å². The van der Waals surface area contributed by atoms with E-state index in [2.05, 4.69) is 41.5 Å². The van der Waals surface area contributed by atoms with Crippen LogP contribution in [0, 0.1) is 10.1 Å². The molecular weight excluding hydrogens is 348 g/mol. The Bertz CT molecular complexity index is 964. The van der Waals surface area contributed by atoms with Crippen molar-refractivity contribution in [1.29, 1.82) is 0 Å². The fraction of sp³-hybridized carbons (Fsp3) is 0.211. The monoisotopic (exact) mass is 366 g/mol. The second kappa shape index (κ2) is 7.77. The van der Waals surface area contributed by atoms with Crippen molar-refractivity contribution in [2.75, 3.05) is 5.32 Å². The average Bonchev–Trinajstić information content (AvgIpc) is 3.09. The third-order valence-electron chi connectivity index (χ3n) is 4.01. The molecule has 1 aromatic heterocycles. The maximum atomic E-state index is 12.2. The standard InChI is InChI=1S/C19H18N4O4/c1-12(2)14-8-6-13(7-9-14)10-17-21-22-19(27-17)20-18(24)15-4-3-5-16(11-15)23(25)26/h3-9,11-12H,10H2,1-2H3,(H,20,22,24). The van der Waals surface area contributed by atoms with Crippen molar-refractivity contribution < 1.29 is 14.1 Å². The zero-order valence-electron chi connectivity index (χ0n) is 14.9. The lowest BCUT2D eigenvalue weighted by Crippen LogP contribution is -2.12. The van der Waals surface area contributed by atoms with Crippen molar-refractivity contribution in [3.05, 3.63) is 81.2 Å². The van der Waals surface area contributed by atoms with Gasteiger partial charge in [0.1, 0.15) is 0 Å². The second-order valence-electron chi connectivity index (χ2n) is 6.34. The molecule has 8 heteroatoms. The first-order valence-corrected chi connectivity index (χ1v) is 8.39. The maximum absolute atomic E-state index is 12.2. The van der Waals surface area contributed by atoms with E-state index in [0.29, 0.717) is 18.2 Å². The molecule has 0 aliphatic heterocycles. The number of carbonyl (C=O) groups is 1. The number of nitro benzene ring substituents is 1. The predicted octanol–water partition coefficient (Wildman–Crippen LogP) is 3.94. The van der Waals surface area contributed by atoms with Gasteiger partial charge in [0.15, 0.2) is 0 Å². The molecule has 2 aromatic carbocycles. The summed E-state index contributed by atoms with van der Waals surface area (Å²) in [6.07, 6.45) is 0.443. The summed E-state index contributed by atoms with van der Waals surface area (Å²) in [6, 6.07) is 13.5. The van der Waals surface area contributed by atoms with E-state index in [4.69, 9.17) is 4.42 Å². The summed E-state index contributed by atoms with van der Waals surface area (Å²) in [5.41, 5.74) is 2.22. The van der Waals surface area contributed by atoms with Crippen molar-refractivity contribution in [1.82, 2.24) is 10.2 Å². The Balaban J connectivity index is 1.66. The maximum Gasteiger partial charge on any atom is 0.322 e. The highest BCUT2D eigenvalue weighted by atomic mass is 16.6. The van der Waals surface area contributed by atoms with E-state index in [1.165, 1.54) is 29.8 Å². The second-order valence-corrected chi connectivity index (χ2v) is 6.34. The minimum atomic E-state index is -0.563. The van der Waals surface area contributed by atoms with E-state index in [9.17, 15) is 14.9 Å². The lowest BCUT2D eigenvalue weighted by Gasteiger charge is -2.05. The van der Waals surface area contributed by atoms with Crippen LogP contribution in [0.5, 0.6) is 0 Å². The van der Waals surface area contributed by atoms with Gasteiger partial charge < -0.3 is 4.42 Å². The van der Waals surface area contributed by atoms with Gasteiger partial charge >= 0.3 is 6.01 Å². The van der Waals surface area contributed by atoms with Crippen LogP contribution >= 0.6 is 0 Å². The molecule has 0 saturated heterocycles. The molecule has 0 saturated carbocycles. The van der Waals surface area contributed by atoms with Crippen LogP contribution < -0.4 is 5.32 Å². The molecule has 1 heterocycles. The average molecular weight is 366 g/mol. The lowest BCUT2D eigenvalue weighted by atomic mass is 10.0. The van der Waals surface area contributed by atoms with E-state index in [1.807, 2.05) is 12.1 Å². The Kier molecular flexibility index (Phi) is 5.25. The van der Waals surface area contributed by atoms with Crippen molar-refractivity contribution in [3.8, 4) is 0 Å². The number of carbonyl (C=O) groups excluding carboxylic acids is 1. The Morgan fingerprint density at radius 3 is 2.59 bits per heavy atom. The smallest absolute Gasteiger partial charge is 0.322 e. The Hall–Kier alpha value is -3.55. The number of aromatic nitrogens is 2. The number of nitrogens with one attached hydrogen (secondary N) is 1. The Morgan fingerprint density at radius 1 is 1.19 bits per heavy atom. The highest BCUT2D eigenvalue weighted by molar-refractivity contribution is 6.03. The largest absolute Gasteiger partial charge is 0.407 e. The van der Waals surface area contributed by atoms with Gasteiger partial charge in [-0.1, -0.05) is 49.3 Å². The first-order chi connectivity index (χ1) is 12.9. The zero-order chi connectivity index (χ0) is 19.4. The van der Waals surface area contributed by atoms with Gasteiger partial charge in [0.05, 0.1) is 11.3 Å². The molecule has 0 atom stereocenters. The van der Waals surface area contributed by atoms with Gasteiger partial charge in [-0.15, -0.1) is 5.10 Å². The fourth-order valence-corrected chi connectivity index (χ4v) is 2.50. The van der Waals surface area contributed by atoms with Gasteiger partial charge in [-0.3, -0.25) is 20.2 Å². The van der Waals surface area contributed by atoms with Crippen molar-refractivity contribution in [2.24, 2.45) is 0 Å². The third kappa shape index (κ3) is 4.55. The molecule has 0 bridgehead atoms. The molecule has 1 N–H and O–H groups in total. The number of amides is 1. The van der Waals surface area contributed by atoms with Crippen molar-refractivity contribution in [3.63, 3.8) is 0 Å². The summed E-state index contributed by atoms with van der Waals surface area (Å²) in [7, 11) is 0. The summed E-state index contributed by atoms with van der Waals surface area (Å²) >= 11 is 0. The summed E-state index contributed by atoms with van der Waals surface area (Å²) in [6.45, 7) is 4.26. The minimum Gasteiger partial charge on any atom is -0.407 e. The van der Waals surface area contributed by atoms with Gasteiger partial charge in [-0.2, -0.15) is 0 Å². The summed E-state index contributed by atoms with van der Waals surface area (Å²) in [4.78, 5) is 22.4. The number of nitro groups is 1. The summed E-state index contributed by atoms with van der Waals surface area (Å²) in [5.74, 6) is 0.259. The van der Waals surface area contributed by atoms with Crippen LogP contribution in [0.2, 0.25) is 0 Å². The number of hydrogen-bond acceptors (Lipinski definition) is 6. The number of nitrogens with zero attached hydrogens (tertiary/aromatic N) is 3. The molecule has 8 nitrogen and oxygen atoms in total. The van der Waals surface area contributed by atoms with Gasteiger partial charge in [-0.25, -0.2) is 0 Å². The first-order valence-electron chi connectivity index (χ1n) is 8.39. The van der Waals surface area contributed by atoms with E-state index in [0.717, 1.165) is 5.56 Å². The molecule has 27 heavy (non-hydrogen) atoms. The first kappa shape index (κ1) is 18.2. The molecule has 0 aliphatic rings. The van der Waals surface area contributed by atoms with Gasteiger partial charge in [0, 0.05) is 17.7 Å². The molecule has 0 fully saturated rings. The molecule has 0 radical (unpaired) electrons. The van der Waals surface area contributed by atoms with E-state index >= 15 is 0 Å². The zero-order valence-corrected chi connectivity index (χ0v) is 14.9. The lowest BCUT2D eigenvalue weighted by molar-refractivity contribution is -0.384. The van der Waals surface area contributed by atoms with E-state index < -0.39 is 10.8 Å². The number of benzene rings is 2. The fourth-order valence-electron chi connectivity index (χ4n) is 2.50. The summed E-state index contributed by atoms with van der Waals surface area (Å²) in [5, 5.41) is 21.0. The van der Waals surface area contributed by atoms with Crippen LogP contribution in [0.25, 0.3) is 0 Å². The van der Waals surface area contributed by atoms with Crippen LogP contribution in [0.1, 0.15) is 47.1 Å². The number of rotatable bonds is 6. The molecular formula is C19H18N4O4. The summed E-state index contributed by atoms with van der Waals surface area (Å²) < 4.78 is 5.45. The Morgan fingerprint density at radius 2 is 1.93 bits per heavy atom.